The molecule has 1 aliphatic rings. The van der Waals surface area contributed by atoms with Crippen molar-refractivity contribution in [3.05, 3.63) is 42.6 Å². The van der Waals surface area contributed by atoms with Gasteiger partial charge in [-0.15, -0.1) is 0 Å². The molecule has 3 rings (SSSR count). The van der Waals surface area contributed by atoms with Gasteiger partial charge in [0.25, 0.3) is 0 Å². The molecule has 2 aromatic rings. The summed E-state index contributed by atoms with van der Waals surface area (Å²) in [5.41, 5.74) is 1.21. The second kappa shape index (κ2) is 5.73. The number of pyridine rings is 1. The van der Waals surface area contributed by atoms with Crippen molar-refractivity contribution in [2.75, 3.05) is 13.1 Å². The number of nitrogens with zero attached hydrogens (tertiary/aromatic N) is 4. The highest BCUT2D eigenvalue weighted by atomic mass is 16.3. The molecule has 106 valence electrons. The Hall–Kier alpha value is -1.72. The number of hydrogen-bond donors (Lipinski definition) is 1. The lowest BCUT2D eigenvalue weighted by molar-refractivity contribution is 0.127. The van der Waals surface area contributed by atoms with E-state index in [-0.39, 0.29) is 6.10 Å². The topological polar surface area (TPSA) is 54.2 Å². The van der Waals surface area contributed by atoms with Crippen molar-refractivity contribution in [2.45, 2.75) is 26.0 Å². The third-order valence-corrected chi connectivity index (χ3v) is 3.98. The molecule has 0 aromatic carbocycles. The van der Waals surface area contributed by atoms with Crippen LogP contribution in [0.5, 0.6) is 0 Å². The Bertz CT molecular complexity index is 536. The minimum absolute atomic E-state index is 0.207. The molecule has 0 radical (unpaired) electrons. The van der Waals surface area contributed by atoms with Crippen molar-refractivity contribution >= 4 is 0 Å². The van der Waals surface area contributed by atoms with Crippen LogP contribution in [0.1, 0.15) is 18.9 Å². The molecule has 0 aliphatic carbocycles. The highest BCUT2D eigenvalue weighted by Crippen LogP contribution is 2.21. The number of imidazole rings is 1. The van der Waals surface area contributed by atoms with Crippen molar-refractivity contribution in [3.63, 3.8) is 0 Å². The summed E-state index contributed by atoms with van der Waals surface area (Å²) in [4.78, 5) is 10.9. The molecule has 0 amide bonds. The third kappa shape index (κ3) is 2.89. The van der Waals surface area contributed by atoms with Gasteiger partial charge in [0, 0.05) is 31.7 Å². The van der Waals surface area contributed by atoms with Gasteiger partial charge in [0.1, 0.15) is 12.1 Å². The maximum absolute atomic E-state index is 9.63. The standard InChI is InChI=1S/C15H20N4O/c1-12(20)14-4-6-18(10-14)9-13-2-3-15(17-8-13)19-7-5-16-11-19/h2-3,5,7-8,11-12,14,20H,4,6,9-10H2,1H3. The SMILES string of the molecule is CC(O)C1CCN(Cc2ccc(-n3ccnc3)nc2)C1. The fourth-order valence-corrected chi connectivity index (χ4v) is 2.72. The molecule has 5 nitrogen and oxygen atoms in total. The average molecular weight is 272 g/mol. The molecule has 3 heterocycles. The highest BCUT2D eigenvalue weighted by molar-refractivity contribution is 5.25. The Kier molecular flexibility index (Phi) is 3.80. The molecule has 1 fully saturated rings. The summed E-state index contributed by atoms with van der Waals surface area (Å²) >= 11 is 0. The van der Waals surface area contributed by atoms with Crippen LogP contribution < -0.4 is 0 Å². The fraction of sp³-hybridized carbons (Fsp3) is 0.467. The Morgan fingerprint density at radius 1 is 1.45 bits per heavy atom. The molecule has 5 heteroatoms. The molecule has 2 unspecified atom stereocenters. The second-order valence-corrected chi connectivity index (χ2v) is 5.52. The minimum Gasteiger partial charge on any atom is -0.393 e. The van der Waals surface area contributed by atoms with Crippen molar-refractivity contribution in [2.24, 2.45) is 5.92 Å². The van der Waals surface area contributed by atoms with Gasteiger partial charge < -0.3 is 5.11 Å². The van der Waals surface area contributed by atoms with Crippen LogP contribution in [0.3, 0.4) is 0 Å². The van der Waals surface area contributed by atoms with E-state index in [0.29, 0.717) is 5.92 Å². The van der Waals surface area contributed by atoms with E-state index in [1.165, 1.54) is 5.56 Å². The highest BCUT2D eigenvalue weighted by Gasteiger charge is 2.25. The van der Waals surface area contributed by atoms with Crippen molar-refractivity contribution in [1.29, 1.82) is 0 Å². The summed E-state index contributed by atoms with van der Waals surface area (Å²) in [5, 5.41) is 9.63. The number of likely N-dealkylation sites (tertiary alicyclic amines) is 1. The van der Waals surface area contributed by atoms with Gasteiger partial charge in [0.15, 0.2) is 0 Å². The maximum Gasteiger partial charge on any atom is 0.137 e. The zero-order chi connectivity index (χ0) is 13.9. The molecule has 0 spiro atoms. The Balaban J connectivity index is 1.62. The zero-order valence-corrected chi connectivity index (χ0v) is 11.7. The van der Waals surface area contributed by atoms with Crippen molar-refractivity contribution in [1.82, 2.24) is 19.4 Å². The van der Waals surface area contributed by atoms with Gasteiger partial charge in [-0.2, -0.15) is 0 Å². The summed E-state index contributed by atoms with van der Waals surface area (Å²) in [7, 11) is 0. The van der Waals surface area contributed by atoms with E-state index >= 15 is 0 Å². The monoisotopic (exact) mass is 272 g/mol. The summed E-state index contributed by atoms with van der Waals surface area (Å²) in [6.07, 6.45) is 8.17. The van der Waals surface area contributed by atoms with Gasteiger partial charge in [0.2, 0.25) is 0 Å². The number of aliphatic hydroxyl groups excluding tert-OH is 1. The number of aromatic nitrogens is 3. The maximum atomic E-state index is 9.63. The van der Waals surface area contributed by atoms with Crippen LogP contribution in [0.15, 0.2) is 37.1 Å². The Labute approximate surface area is 118 Å². The smallest absolute Gasteiger partial charge is 0.137 e. The zero-order valence-electron chi connectivity index (χ0n) is 11.7. The summed E-state index contributed by atoms with van der Waals surface area (Å²) in [5.74, 6) is 1.29. The van der Waals surface area contributed by atoms with Crippen LogP contribution >= 0.6 is 0 Å². The number of aliphatic hydroxyl groups is 1. The molecular formula is C15H20N4O. The van der Waals surface area contributed by atoms with E-state index in [2.05, 4.69) is 20.9 Å². The van der Waals surface area contributed by atoms with Crippen molar-refractivity contribution in [3.8, 4) is 5.82 Å². The predicted molar refractivity (Wildman–Crippen MR) is 76.4 cm³/mol. The largest absolute Gasteiger partial charge is 0.393 e. The second-order valence-electron chi connectivity index (χ2n) is 5.52. The molecule has 1 N–H and O–H groups in total. The third-order valence-electron chi connectivity index (χ3n) is 3.98. The van der Waals surface area contributed by atoms with Crippen LogP contribution in [-0.2, 0) is 6.54 Å². The molecule has 2 aromatic heterocycles. The minimum atomic E-state index is -0.207. The van der Waals surface area contributed by atoms with Crippen LogP contribution in [0.25, 0.3) is 5.82 Å². The quantitative estimate of drug-likeness (QED) is 0.915. The van der Waals surface area contributed by atoms with E-state index in [1.807, 2.05) is 30.0 Å². The molecule has 1 saturated heterocycles. The van der Waals surface area contributed by atoms with Crippen molar-refractivity contribution < 1.29 is 5.11 Å². The van der Waals surface area contributed by atoms with Gasteiger partial charge in [-0.3, -0.25) is 9.47 Å². The first-order valence-electron chi connectivity index (χ1n) is 7.06. The Morgan fingerprint density at radius 2 is 2.35 bits per heavy atom. The first kappa shape index (κ1) is 13.3. The summed E-state index contributed by atoms with van der Waals surface area (Å²) in [6.45, 7) is 4.82. The fourth-order valence-electron chi connectivity index (χ4n) is 2.72. The van der Waals surface area contributed by atoms with E-state index in [1.54, 1.807) is 12.5 Å². The van der Waals surface area contributed by atoms with E-state index in [9.17, 15) is 5.11 Å². The first-order valence-corrected chi connectivity index (χ1v) is 7.06. The molecule has 20 heavy (non-hydrogen) atoms. The molecule has 0 bridgehead atoms. The van der Waals surface area contributed by atoms with E-state index in [0.717, 1.165) is 31.9 Å². The van der Waals surface area contributed by atoms with E-state index < -0.39 is 0 Å². The summed E-state index contributed by atoms with van der Waals surface area (Å²) in [6, 6.07) is 4.12. The van der Waals surface area contributed by atoms with Gasteiger partial charge in [-0.1, -0.05) is 6.07 Å². The Morgan fingerprint density at radius 3 is 2.95 bits per heavy atom. The van der Waals surface area contributed by atoms with Crippen LogP contribution in [0.4, 0.5) is 0 Å². The van der Waals surface area contributed by atoms with Gasteiger partial charge in [-0.25, -0.2) is 9.97 Å². The van der Waals surface area contributed by atoms with Crippen LogP contribution in [0, 0.1) is 5.92 Å². The average Bonchev–Trinajstić information content (AvgIpc) is 3.10. The molecule has 1 aliphatic heterocycles. The normalized spacial score (nSPS) is 21.2. The predicted octanol–water partition coefficient (Wildman–Crippen LogP) is 1.47. The number of hydrogen-bond acceptors (Lipinski definition) is 4. The molecular weight excluding hydrogens is 252 g/mol. The van der Waals surface area contributed by atoms with Gasteiger partial charge in [-0.05, 0) is 37.4 Å². The lowest BCUT2D eigenvalue weighted by atomic mass is 10.0. The molecule has 2 atom stereocenters. The summed E-state index contributed by atoms with van der Waals surface area (Å²) < 4.78 is 1.89. The first-order chi connectivity index (χ1) is 9.72. The van der Waals surface area contributed by atoms with E-state index in [4.69, 9.17) is 0 Å². The number of rotatable bonds is 4. The lowest BCUT2D eigenvalue weighted by Gasteiger charge is -2.17. The van der Waals surface area contributed by atoms with Gasteiger partial charge in [0.05, 0.1) is 6.10 Å². The van der Waals surface area contributed by atoms with Gasteiger partial charge >= 0.3 is 0 Å². The van der Waals surface area contributed by atoms with Crippen LogP contribution in [-0.4, -0.2) is 43.7 Å². The molecule has 0 saturated carbocycles. The lowest BCUT2D eigenvalue weighted by Crippen LogP contribution is -2.24. The van der Waals surface area contributed by atoms with Crippen LogP contribution in [0.2, 0.25) is 0 Å².